The number of benzene rings is 1. The van der Waals surface area contributed by atoms with E-state index in [2.05, 4.69) is 22.5 Å². The van der Waals surface area contributed by atoms with Gasteiger partial charge in [-0.15, -0.1) is 6.58 Å². The maximum atomic E-state index is 5.62. The lowest BCUT2D eigenvalue weighted by Gasteiger charge is -1.88. The number of fused-ring (bicyclic) bond motifs is 1. The Morgan fingerprint density at radius 2 is 2.15 bits per heavy atom. The van der Waals surface area contributed by atoms with Gasteiger partial charge in [0.1, 0.15) is 11.3 Å². The SMILES string of the molecule is C=CCc1oc2ccccc2c1Br. The van der Waals surface area contributed by atoms with E-state index < -0.39 is 0 Å². The van der Waals surface area contributed by atoms with Crippen LogP contribution >= 0.6 is 15.9 Å². The minimum atomic E-state index is 0.759. The van der Waals surface area contributed by atoms with Crippen molar-refractivity contribution in [2.24, 2.45) is 0 Å². The molecule has 0 aliphatic heterocycles. The molecule has 1 aromatic carbocycles. The summed E-state index contributed by atoms with van der Waals surface area (Å²) in [6, 6.07) is 7.97. The van der Waals surface area contributed by atoms with Crippen molar-refractivity contribution >= 4 is 26.9 Å². The summed E-state index contributed by atoms with van der Waals surface area (Å²) in [4.78, 5) is 0. The van der Waals surface area contributed by atoms with Crippen molar-refractivity contribution < 1.29 is 4.42 Å². The van der Waals surface area contributed by atoms with Crippen molar-refractivity contribution in [3.8, 4) is 0 Å². The third-order valence-electron chi connectivity index (χ3n) is 1.93. The summed E-state index contributed by atoms with van der Waals surface area (Å²) >= 11 is 3.51. The predicted octanol–water partition coefficient (Wildman–Crippen LogP) is 3.92. The first kappa shape index (κ1) is 8.57. The van der Waals surface area contributed by atoms with Crippen LogP contribution < -0.4 is 0 Å². The summed E-state index contributed by atoms with van der Waals surface area (Å²) in [7, 11) is 0. The van der Waals surface area contributed by atoms with Gasteiger partial charge in [0.05, 0.1) is 4.47 Å². The Morgan fingerprint density at radius 1 is 1.38 bits per heavy atom. The van der Waals surface area contributed by atoms with E-state index in [0.717, 1.165) is 27.6 Å². The average Bonchev–Trinajstić information content (AvgIpc) is 2.46. The fourth-order valence-corrected chi connectivity index (χ4v) is 1.90. The lowest BCUT2D eigenvalue weighted by atomic mass is 10.2. The predicted molar refractivity (Wildman–Crippen MR) is 57.8 cm³/mol. The topological polar surface area (TPSA) is 13.1 Å². The van der Waals surface area contributed by atoms with Crippen LogP contribution in [-0.2, 0) is 6.42 Å². The van der Waals surface area contributed by atoms with Crippen molar-refractivity contribution in [3.05, 3.63) is 47.2 Å². The maximum absolute atomic E-state index is 5.62. The largest absolute Gasteiger partial charge is 0.460 e. The fraction of sp³-hybridized carbons (Fsp3) is 0.0909. The van der Waals surface area contributed by atoms with Crippen molar-refractivity contribution in [1.29, 1.82) is 0 Å². The molecule has 0 aliphatic carbocycles. The molecule has 1 nitrogen and oxygen atoms in total. The molecule has 2 rings (SSSR count). The third kappa shape index (κ3) is 1.42. The van der Waals surface area contributed by atoms with Gasteiger partial charge in [-0.05, 0) is 28.1 Å². The van der Waals surface area contributed by atoms with Crippen LogP contribution in [0.15, 0.2) is 45.8 Å². The van der Waals surface area contributed by atoms with E-state index in [1.807, 2.05) is 30.3 Å². The molecule has 0 saturated heterocycles. The van der Waals surface area contributed by atoms with Crippen LogP contribution in [0, 0.1) is 0 Å². The van der Waals surface area contributed by atoms with Gasteiger partial charge in [-0.2, -0.15) is 0 Å². The fourth-order valence-electron chi connectivity index (χ4n) is 1.33. The summed E-state index contributed by atoms with van der Waals surface area (Å²) in [6.07, 6.45) is 2.59. The molecule has 0 unspecified atom stereocenters. The summed E-state index contributed by atoms with van der Waals surface area (Å²) < 4.78 is 6.67. The number of hydrogen-bond donors (Lipinski definition) is 0. The van der Waals surface area contributed by atoms with Gasteiger partial charge < -0.3 is 4.42 Å². The van der Waals surface area contributed by atoms with Crippen LogP contribution in [0.4, 0.5) is 0 Å². The molecule has 0 saturated carbocycles. The summed E-state index contributed by atoms with van der Waals surface area (Å²) in [5.74, 6) is 0.941. The smallest absolute Gasteiger partial charge is 0.135 e. The van der Waals surface area contributed by atoms with Crippen molar-refractivity contribution in [2.45, 2.75) is 6.42 Å². The minimum absolute atomic E-state index is 0.759. The number of allylic oxidation sites excluding steroid dienone is 1. The molecule has 0 spiro atoms. The second-order valence-corrected chi connectivity index (χ2v) is 3.62. The molecule has 1 heterocycles. The quantitative estimate of drug-likeness (QED) is 0.721. The number of halogens is 1. The van der Waals surface area contributed by atoms with Gasteiger partial charge in [0.25, 0.3) is 0 Å². The second-order valence-electron chi connectivity index (χ2n) is 2.83. The van der Waals surface area contributed by atoms with Crippen LogP contribution in [0.5, 0.6) is 0 Å². The van der Waals surface area contributed by atoms with E-state index in [4.69, 9.17) is 4.42 Å². The molecule has 0 aliphatic rings. The molecule has 66 valence electrons. The molecule has 2 heteroatoms. The van der Waals surface area contributed by atoms with Gasteiger partial charge in [0.2, 0.25) is 0 Å². The Morgan fingerprint density at radius 3 is 2.85 bits per heavy atom. The highest BCUT2D eigenvalue weighted by molar-refractivity contribution is 9.10. The van der Waals surface area contributed by atoms with Crippen LogP contribution in [0.2, 0.25) is 0 Å². The van der Waals surface area contributed by atoms with Crippen LogP contribution in [0.1, 0.15) is 5.76 Å². The maximum Gasteiger partial charge on any atom is 0.135 e. The lowest BCUT2D eigenvalue weighted by molar-refractivity contribution is 0.562. The number of para-hydroxylation sites is 1. The first-order valence-corrected chi connectivity index (χ1v) is 4.89. The Balaban J connectivity index is 2.66. The summed E-state index contributed by atoms with van der Waals surface area (Å²) in [5, 5.41) is 1.12. The van der Waals surface area contributed by atoms with Crippen LogP contribution in [0.3, 0.4) is 0 Å². The van der Waals surface area contributed by atoms with Crippen LogP contribution in [0.25, 0.3) is 11.0 Å². The average molecular weight is 237 g/mol. The molecule has 0 N–H and O–H groups in total. The van der Waals surface area contributed by atoms with E-state index in [0.29, 0.717) is 0 Å². The molecule has 0 amide bonds. The Bertz CT molecular complexity index is 442. The van der Waals surface area contributed by atoms with E-state index in [1.54, 1.807) is 0 Å². The molecule has 0 atom stereocenters. The first-order chi connectivity index (χ1) is 6.33. The van der Waals surface area contributed by atoms with E-state index in [9.17, 15) is 0 Å². The summed E-state index contributed by atoms with van der Waals surface area (Å²) in [6.45, 7) is 3.69. The van der Waals surface area contributed by atoms with Crippen molar-refractivity contribution in [2.75, 3.05) is 0 Å². The van der Waals surface area contributed by atoms with Crippen LogP contribution in [-0.4, -0.2) is 0 Å². The van der Waals surface area contributed by atoms with Gasteiger partial charge in [-0.25, -0.2) is 0 Å². The highest BCUT2D eigenvalue weighted by Crippen LogP contribution is 2.30. The van der Waals surface area contributed by atoms with E-state index >= 15 is 0 Å². The third-order valence-corrected chi connectivity index (χ3v) is 2.80. The van der Waals surface area contributed by atoms with Gasteiger partial charge in [0, 0.05) is 11.8 Å². The highest BCUT2D eigenvalue weighted by atomic mass is 79.9. The van der Waals surface area contributed by atoms with Crippen molar-refractivity contribution in [1.82, 2.24) is 0 Å². The van der Waals surface area contributed by atoms with E-state index in [1.165, 1.54) is 0 Å². The minimum Gasteiger partial charge on any atom is -0.460 e. The Kier molecular flexibility index (Phi) is 2.23. The zero-order valence-corrected chi connectivity index (χ0v) is 8.67. The molecule has 2 aromatic rings. The number of hydrogen-bond acceptors (Lipinski definition) is 1. The van der Waals surface area contributed by atoms with Gasteiger partial charge in [-0.3, -0.25) is 0 Å². The zero-order chi connectivity index (χ0) is 9.26. The Hall–Kier alpha value is -1.02. The number of furan rings is 1. The molecule has 0 bridgehead atoms. The lowest BCUT2D eigenvalue weighted by Crippen LogP contribution is -1.74. The zero-order valence-electron chi connectivity index (χ0n) is 7.09. The molecule has 1 aromatic heterocycles. The molecule has 0 radical (unpaired) electrons. The van der Waals surface area contributed by atoms with Gasteiger partial charge in [-0.1, -0.05) is 18.2 Å². The first-order valence-electron chi connectivity index (χ1n) is 4.09. The summed E-state index contributed by atoms with van der Waals surface area (Å²) in [5.41, 5.74) is 0.922. The van der Waals surface area contributed by atoms with Gasteiger partial charge in [0.15, 0.2) is 0 Å². The normalized spacial score (nSPS) is 10.5. The van der Waals surface area contributed by atoms with Gasteiger partial charge >= 0.3 is 0 Å². The molecule has 0 fully saturated rings. The van der Waals surface area contributed by atoms with E-state index in [-0.39, 0.29) is 0 Å². The Labute approximate surface area is 85.2 Å². The molecule has 13 heavy (non-hydrogen) atoms. The molecular formula is C11H9BrO. The molecular weight excluding hydrogens is 228 g/mol. The van der Waals surface area contributed by atoms with Crippen molar-refractivity contribution in [3.63, 3.8) is 0 Å². The number of rotatable bonds is 2. The second kappa shape index (κ2) is 3.38. The highest BCUT2D eigenvalue weighted by Gasteiger charge is 2.08. The monoisotopic (exact) mass is 236 g/mol. The standard InChI is InChI=1S/C11H9BrO/c1-2-5-10-11(12)8-6-3-4-7-9(8)13-10/h2-4,6-7H,1,5H2.